The average molecular weight is 281 g/mol. The highest BCUT2D eigenvalue weighted by atomic mass is 32.2. The van der Waals surface area contributed by atoms with E-state index in [0.717, 1.165) is 30.7 Å². The minimum Gasteiger partial charge on any atom is -0.313 e. The molecule has 1 aromatic rings. The second kappa shape index (κ2) is 8.49. The van der Waals surface area contributed by atoms with Crippen LogP contribution in [0.4, 0.5) is 0 Å². The lowest BCUT2D eigenvalue weighted by atomic mass is 10.1. The fraction of sp³-hybridized carbons (Fsp3) is 0.625. The molecule has 0 heterocycles. The van der Waals surface area contributed by atoms with Crippen LogP contribution in [0.2, 0.25) is 0 Å². The lowest BCUT2D eigenvalue weighted by Crippen LogP contribution is -2.41. The Morgan fingerprint density at radius 1 is 1.26 bits per heavy atom. The number of aryl methyl sites for hydroxylation is 1. The van der Waals surface area contributed by atoms with Crippen molar-refractivity contribution in [1.29, 1.82) is 0 Å². The number of hydrogen-bond donors (Lipinski definition) is 1. The van der Waals surface area contributed by atoms with E-state index in [1.807, 2.05) is 18.2 Å². The van der Waals surface area contributed by atoms with Crippen LogP contribution in [-0.4, -0.2) is 22.0 Å². The van der Waals surface area contributed by atoms with Gasteiger partial charge in [0.15, 0.2) is 0 Å². The smallest absolute Gasteiger partial charge is 0.0576 e. The lowest BCUT2D eigenvalue weighted by molar-refractivity contribution is 0.458. The van der Waals surface area contributed by atoms with Crippen LogP contribution in [0.15, 0.2) is 29.2 Å². The summed E-state index contributed by atoms with van der Waals surface area (Å²) in [5.74, 6) is 0. The molecule has 0 aliphatic heterocycles. The van der Waals surface area contributed by atoms with Gasteiger partial charge in [0.05, 0.1) is 16.0 Å². The van der Waals surface area contributed by atoms with E-state index in [1.54, 1.807) is 0 Å². The fourth-order valence-electron chi connectivity index (χ4n) is 2.49. The average Bonchev–Trinajstić information content (AvgIpc) is 2.40. The van der Waals surface area contributed by atoms with Gasteiger partial charge in [-0.3, -0.25) is 4.21 Å². The molecule has 0 bridgehead atoms. The molecule has 108 valence electrons. The molecular weight excluding hydrogens is 254 g/mol. The largest absolute Gasteiger partial charge is 0.313 e. The Balaban J connectivity index is 2.91. The lowest BCUT2D eigenvalue weighted by Gasteiger charge is -2.26. The molecular formula is C16H27NOS. The molecule has 0 fully saturated rings. The molecule has 2 nitrogen and oxygen atoms in total. The van der Waals surface area contributed by atoms with Crippen LogP contribution >= 0.6 is 0 Å². The maximum atomic E-state index is 12.8. The Morgan fingerprint density at radius 3 is 2.53 bits per heavy atom. The van der Waals surface area contributed by atoms with Gasteiger partial charge in [0.1, 0.15) is 0 Å². The van der Waals surface area contributed by atoms with Gasteiger partial charge in [-0.2, -0.15) is 0 Å². The summed E-state index contributed by atoms with van der Waals surface area (Å²) in [6.07, 6.45) is 3.15. The molecule has 0 aliphatic rings. The first kappa shape index (κ1) is 16.4. The van der Waals surface area contributed by atoms with Crippen LogP contribution in [0.5, 0.6) is 0 Å². The Hall–Kier alpha value is -0.670. The van der Waals surface area contributed by atoms with Gasteiger partial charge in [-0.25, -0.2) is 0 Å². The van der Waals surface area contributed by atoms with Crippen molar-refractivity contribution in [2.24, 2.45) is 0 Å². The maximum absolute atomic E-state index is 12.8. The summed E-state index contributed by atoms with van der Waals surface area (Å²) in [7, 11) is -0.927. The van der Waals surface area contributed by atoms with E-state index in [4.69, 9.17) is 0 Å². The molecule has 0 saturated heterocycles. The minimum atomic E-state index is -0.927. The third-order valence-corrected chi connectivity index (χ3v) is 5.34. The Morgan fingerprint density at radius 2 is 2.00 bits per heavy atom. The predicted molar refractivity (Wildman–Crippen MR) is 84.0 cm³/mol. The summed E-state index contributed by atoms with van der Waals surface area (Å²) < 4.78 is 12.8. The first-order chi connectivity index (χ1) is 9.13. The molecule has 0 radical (unpaired) electrons. The normalized spacial score (nSPS) is 16.0. The third kappa shape index (κ3) is 4.73. The molecule has 3 atom stereocenters. The molecule has 19 heavy (non-hydrogen) atoms. The monoisotopic (exact) mass is 281 g/mol. The number of nitrogens with one attached hydrogen (secondary N) is 1. The van der Waals surface area contributed by atoms with E-state index >= 15 is 0 Å². The van der Waals surface area contributed by atoms with Crippen LogP contribution < -0.4 is 5.32 Å². The van der Waals surface area contributed by atoms with E-state index in [1.165, 1.54) is 5.56 Å². The zero-order valence-electron chi connectivity index (χ0n) is 12.6. The summed E-state index contributed by atoms with van der Waals surface area (Å²) in [5.41, 5.74) is 1.18. The standard InChI is InChI=1S/C16H27NOS/c1-5-9-15(17-7-3)16(6-2)19(18)14-11-8-10-13(4)12-14/h8,10-12,15-17H,5-7,9H2,1-4H3. The molecule has 0 aliphatic carbocycles. The van der Waals surface area contributed by atoms with Crippen LogP contribution in [-0.2, 0) is 10.8 Å². The van der Waals surface area contributed by atoms with Crippen molar-refractivity contribution in [2.45, 2.75) is 63.1 Å². The Bertz CT molecular complexity index is 399. The minimum absolute atomic E-state index is 0.196. The zero-order valence-corrected chi connectivity index (χ0v) is 13.4. The van der Waals surface area contributed by atoms with E-state index in [0.29, 0.717) is 6.04 Å². The molecule has 3 heteroatoms. The van der Waals surface area contributed by atoms with Gasteiger partial charge in [-0.15, -0.1) is 0 Å². The van der Waals surface area contributed by atoms with Gasteiger partial charge < -0.3 is 5.32 Å². The van der Waals surface area contributed by atoms with Crippen molar-refractivity contribution in [1.82, 2.24) is 5.32 Å². The zero-order chi connectivity index (χ0) is 14.3. The first-order valence-corrected chi connectivity index (χ1v) is 8.55. The molecule has 3 unspecified atom stereocenters. The summed E-state index contributed by atoms with van der Waals surface area (Å²) in [6, 6.07) is 8.43. The van der Waals surface area contributed by atoms with Crippen LogP contribution in [0.1, 0.15) is 45.6 Å². The van der Waals surface area contributed by atoms with Gasteiger partial charge in [0.2, 0.25) is 0 Å². The van der Waals surface area contributed by atoms with Crippen molar-refractivity contribution >= 4 is 10.8 Å². The third-order valence-electron chi connectivity index (χ3n) is 3.41. The molecule has 0 aromatic heterocycles. The van der Waals surface area contributed by atoms with Crippen LogP contribution in [0, 0.1) is 6.92 Å². The van der Waals surface area contributed by atoms with Crippen molar-refractivity contribution in [3.63, 3.8) is 0 Å². The van der Waals surface area contributed by atoms with Gasteiger partial charge in [-0.05, 0) is 44.0 Å². The first-order valence-electron chi connectivity index (χ1n) is 7.34. The van der Waals surface area contributed by atoms with Crippen LogP contribution in [0.3, 0.4) is 0 Å². The second-order valence-electron chi connectivity index (χ2n) is 5.01. The highest BCUT2D eigenvalue weighted by Gasteiger charge is 2.25. The summed E-state index contributed by atoms with van der Waals surface area (Å²) in [5, 5.41) is 3.70. The molecule has 0 spiro atoms. The fourth-order valence-corrected chi connectivity index (χ4v) is 4.19. The van der Waals surface area contributed by atoms with Gasteiger partial charge >= 0.3 is 0 Å². The van der Waals surface area contributed by atoms with Crippen molar-refractivity contribution in [2.75, 3.05) is 6.54 Å². The van der Waals surface area contributed by atoms with Crippen LogP contribution in [0.25, 0.3) is 0 Å². The highest BCUT2D eigenvalue weighted by Crippen LogP contribution is 2.20. The van der Waals surface area contributed by atoms with Crippen molar-refractivity contribution in [3.05, 3.63) is 29.8 Å². The molecule has 0 amide bonds. The summed E-state index contributed by atoms with van der Waals surface area (Å²) in [6.45, 7) is 9.43. The Kier molecular flexibility index (Phi) is 7.32. The number of rotatable bonds is 8. The van der Waals surface area contributed by atoms with Gasteiger partial charge in [0.25, 0.3) is 0 Å². The SMILES string of the molecule is CCCC(NCC)C(CC)S(=O)c1cccc(C)c1. The van der Waals surface area contributed by atoms with E-state index in [9.17, 15) is 4.21 Å². The van der Waals surface area contributed by atoms with Crippen molar-refractivity contribution in [3.8, 4) is 0 Å². The predicted octanol–water partition coefficient (Wildman–Crippen LogP) is 3.66. The van der Waals surface area contributed by atoms with E-state index in [2.05, 4.69) is 39.1 Å². The highest BCUT2D eigenvalue weighted by molar-refractivity contribution is 7.85. The molecule has 1 aromatic carbocycles. The quantitative estimate of drug-likeness (QED) is 0.788. The summed E-state index contributed by atoms with van der Waals surface area (Å²) in [4.78, 5) is 0.964. The molecule has 1 rings (SSSR count). The summed E-state index contributed by atoms with van der Waals surface area (Å²) >= 11 is 0. The van der Waals surface area contributed by atoms with E-state index < -0.39 is 10.8 Å². The maximum Gasteiger partial charge on any atom is 0.0576 e. The molecule has 0 saturated carbocycles. The van der Waals surface area contributed by atoms with Gasteiger partial charge in [0, 0.05) is 10.9 Å². The molecule has 1 N–H and O–H groups in total. The second-order valence-corrected chi connectivity index (χ2v) is 6.69. The van der Waals surface area contributed by atoms with Gasteiger partial charge in [-0.1, -0.05) is 39.3 Å². The number of benzene rings is 1. The van der Waals surface area contributed by atoms with E-state index in [-0.39, 0.29) is 5.25 Å². The Labute approximate surface area is 120 Å². The van der Waals surface area contributed by atoms with Crippen molar-refractivity contribution < 1.29 is 4.21 Å². The topological polar surface area (TPSA) is 29.1 Å². The number of hydrogen-bond acceptors (Lipinski definition) is 2.